The average Bonchev–Trinajstić information content (AvgIpc) is 3.26. The van der Waals surface area contributed by atoms with Crippen molar-refractivity contribution in [1.29, 1.82) is 0 Å². The largest absolute Gasteiger partial charge is 0.307 e. The van der Waals surface area contributed by atoms with Gasteiger partial charge in [0, 0.05) is 16.6 Å². The van der Waals surface area contributed by atoms with Crippen molar-refractivity contribution in [2.24, 2.45) is 11.8 Å². The first-order valence-electron chi connectivity index (χ1n) is 7.36. The van der Waals surface area contributed by atoms with Crippen LogP contribution in [0.1, 0.15) is 49.3 Å². The molecule has 1 aromatic carbocycles. The highest BCUT2D eigenvalue weighted by Crippen LogP contribution is 2.46. The van der Waals surface area contributed by atoms with Crippen molar-refractivity contribution in [1.82, 2.24) is 5.32 Å². The van der Waals surface area contributed by atoms with Gasteiger partial charge >= 0.3 is 0 Å². The first kappa shape index (κ1) is 11.5. The Bertz CT molecular complexity index is 450. The summed E-state index contributed by atoms with van der Waals surface area (Å²) in [6.45, 7) is 0. The Morgan fingerprint density at radius 3 is 2.44 bits per heavy atom. The van der Waals surface area contributed by atoms with Crippen LogP contribution in [0.2, 0.25) is 0 Å². The van der Waals surface area contributed by atoms with Gasteiger partial charge in [-0.1, -0.05) is 28.1 Å². The van der Waals surface area contributed by atoms with Crippen LogP contribution < -0.4 is 5.32 Å². The lowest BCUT2D eigenvalue weighted by molar-refractivity contribution is 0.364. The van der Waals surface area contributed by atoms with E-state index in [1.807, 2.05) is 0 Å². The van der Waals surface area contributed by atoms with Gasteiger partial charge < -0.3 is 5.32 Å². The minimum Gasteiger partial charge on any atom is -0.307 e. The van der Waals surface area contributed by atoms with Crippen LogP contribution >= 0.6 is 15.9 Å². The maximum Gasteiger partial charge on any atom is 0.0329 e. The van der Waals surface area contributed by atoms with Crippen LogP contribution in [0.3, 0.4) is 0 Å². The number of hydrogen-bond donors (Lipinski definition) is 1. The summed E-state index contributed by atoms with van der Waals surface area (Å²) in [6.07, 6.45) is 8.38. The van der Waals surface area contributed by atoms with Crippen LogP contribution in [-0.2, 0) is 6.42 Å². The van der Waals surface area contributed by atoms with E-state index < -0.39 is 0 Å². The lowest BCUT2D eigenvalue weighted by atomic mass is 10.0. The minimum absolute atomic E-state index is 0.615. The summed E-state index contributed by atoms with van der Waals surface area (Å²) < 4.78 is 1.30. The number of rotatable bonds is 4. The second kappa shape index (κ2) is 4.35. The SMILES string of the molecule is Brc1cccc2c1CCC2NC(C1CC1)C1CC1. The van der Waals surface area contributed by atoms with Gasteiger partial charge in [-0.05, 0) is 67.6 Å². The van der Waals surface area contributed by atoms with Crippen molar-refractivity contribution >= 4 is 15.9 Å². The Balaban J connectivity index is 1.55. The third kappa shape index (κ3) is 2.04. The Morgan fingerprint density at radius 2 is 1.78 bits per heavy atom. The minimum atomic E-state index is 0.615. The van der Waals surface area contributed by atoms with E-state index in [0.29, 0.717) is 6.04 Å². The summed E-state index contributed by atoms with van der Waals surface area (Å²) in [6, 6.07) is 8.12. The zero-order valence-corrected chi connectivity index (χ0v) is 12.2. The molecule has 2 heteroatoms. The van der Waals surface area contributed by atoms with Gasteiger partial charge in [-0.3, -0.25) is 0 Å². The molecule has 2 saturated carbocycles. The molecule has 2 fully saturated rings. The zero-order valence-electron chi connectivity index (χ0n) is 10.7. The van der Waals surface area contributed by atoms with Crippen LogP contribution in [0, 0.1) is 11.8 Å². The molecule has 4 rings (SSSR count). The molecule has 1 nitrogen and oxygen atoms in total. The third-order valence-corrected chi connectivity index (χ3v) is 5.61. The molecule has 0 saturated heterocycles. The highest BCUT2D eigenvalue weighted by molar-refractivity contribution is 9.10. The van der Waals surface area contributed by atoms with E-state index in [9.17, 15) is 0 Å². The maximum absolute atomic E-state index is 4.00. The molecule has 1 aromatic rings. The fourth-order valence-corrected chi connectivity index (χ4v) is 4.16. The van der Waals surface area contributed by atoms with Crippen LogP contribution in [0.25, 0.3) is 0 Å². The second-order valence-electron chi connectivity index (χ2n) is 6.27. The molecule has 0 heterocycles. The Kier molecular flexibility index (Phi) is 2.77. The maximum atomic E-state index is 4.00. The normalized spacial score (nSPS) is 26.7. The third-order valence-electron chi connectivity index (χ3n) is 4.87. The Morgan fingerprint density at radius 1 is 1.06 bits per heavy atom. The van der Waals surface area contributed by atoms with Crippen LogP contribution in [0.5, 0.6) is 0 Å². The monoisotopic (exact) mass is 305 g/mol. The molecular weight excluding hydrogens is 286 g/mol. The molecule has 0 aliphatic heterocycles. The smallest absolute Gasteiger partial charge is 0.0329 e. The van der Waals surface area contributed by atoms with E-state index in [4.69, 9.17) is 0 Å². The lowest BCUT2D eigenvalue weighted by Gasteiger charge is -2.23. The summed E-state index contributed by atoms with van der Waals surface area (Å²) in [5.41, 5.74) is 3.09. The molecule has 1 unspecified atom stereocenters. The van der Waals surface area contributed by atoms with Gasteiger partial charge in [-0.15, -0.1) is 0 Å². The first-order valence-corrected chi connectivity index (χ1v) is 8.15. The molecule has 1 atom stereocenters. The lowest BCUT2D eigenvalue weighted by Crippen LogP contribution is -2.35. The molecule has 3 aliphatic rings. The van der Waals surface area contributed by atoms with E-state index in [1.54, 1.807) is 11.1 Å². The second-order valence-corrected chi connectivity index (χ2v) is 7.12. The summed E-state index contributed by atoms with van der Waals surface area (Å²) in [7, 11) is 0. The Hall–Kier alpha value is -0.340. The van der Waals surface area contributed by atoms with Gasteiger partial charge in [0.2, 0.25) is 0 Å². The van der Waals surface area contributed by atoms with E-state index in [-0.39, 0.29) is 0 Å². The fraction of sp³-hybridized carbons (Fsp3) is 0.625. The molecule has 1 N–H and O–H groups in total. The van der Waals surface area contributed by atoms with E-state index in [0.717, 1.165) is 17.9 Å². The predicted molar refractivity (Wildman–Crippen MR) is 77.6 cm³/mol. The van der Waals surface area contributed by atoms with Crippen molar-refractivity contribution in [3.63, 3.8) is 0 Å². The predicted octanol–water partition coefficient (Wildman–Crippen LogP) is 4.21. The van der Waals surface area contributed by atoms with E-state index in [2.05, 4.69) is 39.4 Å². The number of hydrogen-bond acceptors (Lipinski definition) is 1. The summed E-state index contributed by atoms with van der Waals surface area (Å²) >= 11 is 3.70. The molecule has 0 aromatic heterocycles. The molecule has 0 amide bonds. The van der Waals surface area contributed by atoms with Crippen molar-refractivity contribution in [3.05, 3.63) is 33.8 Å². The molecule has 3 aliphatic carbocycles. The molecular formula is C16H20BrN. The van der Waals surface area contributed by atoms with Crippen LogP contribution in [0.4, 0.5) is 0 Å². The van der Waals surface area contributed by atoms with Gasteiger partial charge in [-0.25, -0.2) is 0 Å². The summed E-state index contributed by atoms with van der Waals surface area (Å²) in [5, 5.41) is 4.00. The first-order chi connectivity index (χ1) is 8.83. The number of benzene rings is 1. The van der Waals surface area contributed by atoms with E-state index in [1.165, 1.54) is 43.0 Å². The molecule has 96 valence electrons. The van der Waals surface area contributed by atoms with Crippen molar-refractivity contribution in [2.75, 3.05) is 0 Å². The van der Waals surface area contributed by atoms with Gasteiger partial charge in [-0.2, -0.15) is 0 Å². The molecule has 0 radical (unpaired) electrons. The molecule has 18 heavy (non-hydrogen) atoms. The van der Waals surface area contributed by atoms with Crippen LogP contribution in [-0.4, -0.2) is 6.04 Å². The summed E-state index contributed by atoms with van der Waals surface area (Å²) in [5.74, 6) is 1.99. The topological polar surface area (TPSA) is 12.0 Å². The highest BCUT2D eigenvalue weighted by Gasteiger charge is 2.42. The van der Waals surface area contributed by atoms with Crippen molar-refractivity contribution in [2.45, 2.75) is 50.6 Å². The van der Waals surface area contributed by atoms with Gasteiger partial charge in [0.1, 0.15) is 0 Å². The fourth-order valence-electron chi connectivity index (χ4n) is 3.58. The van der Waals surface area contributed by atoms with Crippen LogP contribution in [0.15, 0.2) is 22.7 Å². The zero-order chi connectivity index (χ0) is 12.1. The number of nitrogens with one attached hydrogen (secondary N) is 1. The molecule has 0 spiro atoms. The van der Waals surface area contributed by atoms with Gasteiger partial charge in [0.05, 0.1) is 0 Å². The van der Waals surface area contributed by atoms with Crippen molar-refractivity contribution < 1.29 is 0 Å². The Labute approximate surface area is 117 Å². The van der Waals surface area contributed by atoms with Gasteiger partial charge in [0.15, 0.2) is 0 Å². The van der Waals surface area contributed by atoms with Gasteiger partial charge in [0.25, 0.3) is 0 Å². The average molecular weight is 306 g/mol. The van der Waals surface area contributed by atoms with Crippen molar-refractivity contribution in [3.8, 4) is 0 Å². The summed E-state index contributed by atoms with van der Waals surface area (Å²) in [4.78, 5) is 0. The quantitative estimate of drug-likeness (QED) is 0.878. The molecule has 0 bridgehead atoms. The highest BCUT2D eigenvalue weighted by atomic mass is 79.9. The standard InChI is InChI=1S/C16H20BrN/c17-14-3-1-2-13-12(14)8-9-15(13)18-16(10-4-5-10)11-6-7-11/h1-3,10-11,15-16,18H,4-9H2. The van der Waals surface area contributed by atoms with E-state index >= 15 is 0 Å². The number of halogens is 1. The number of fused-ring (bicyclic) bond motifs is 1.